The van der Waals surface area contributed by atoms with Gasteiger partial charge < -0.3 is 4.74 Å². The van der Waals surface area contributed by atoms with Crippen LogP contribution >= 0.6 is 0 Å². The smallest absolute Gasteiger partial charge is 0.417 e. The van der Waals surface area contributed by atoms with Gasteiger partial charge in [-0.15, -0.1) is 0 Å². The van der Waals surface area contributed by atoms with E-state index in [9.17, 15) is 26.4 Å². The number of carbonyl (C=O) groups excluding carboxylic acids is 1. The van der Waals surface area contributed by atoms with Crippen molar-refractivity contribution in [2.75, 3.05) is 12.9 Å². The molecule has 8 heteroatoms. The summed E-state index contributed by atoms with van der Waals surface area (Å²) in [6, 6.07) is 3.67. The highest BCUT2D eigenvalue weighted by Gasteiger charge is 2.37. The Labute approximate surface area is 101 Å². The number of rotatable bonds is 3. The second-order valence-corrected chi connectivity index (χ2v) is 5.29. The minimum Gasteiger partial charge on any atom is -0.468 e. The Morgan fingerprint density at radius 3 is 2.33 bits per heavy atom. The number of methoxy groups -OCH3 is 1. The summed E-state index contributed by atoms with van der Waals surface area (Å²) < 4.78 is 65.3. The van der Waals surface area contributed by atoms with Crippen molar-refractivity contribution in [2.45, 2.75) is 11.1 Å². The maximum absolute atomic E-state index is 12.6. The Kier molecular flexibility index (Phi) is 4.00. The molecule has 1 rings (SSSR count). The molecule has 0 aliphatic rings. The number of carbonyl (C=O) groups is 1. The van der Waals surface area contributed by atoms with Gasteiger partial charge in [-0.1, -0.05) is 12.1 Å². The summed E-state index contributed by atoms with van der Waals surface area (Å²) in [5.41, 5.74) is -1.30. The van der Waals surface area contributed by atoms with Crippen molar-refractivity contribution in [3.05, 3.63) is 29.8 Å². The monoisotopic (exact) mass is 282 g/mol. The van der Waals surface area contributed by atoms with Crippen molar-refractivity contribution in [3.63, 3.8) is 0 Å². The molecule has 100 valence electrons. The molecule has 0 unspecified atom stereocenters. The molecule has 0 aromatic heterocycles. The van der Waals surface area contributed by atoms with Crippen molar-refractivity contribution in [1.29, 1.82) is 0 Å². The van der Waals surface area contributed by atoms with Crippen LogP contribution in [0.5, 0.6) is 0 Å². The van der Waals surface area contributed by atoms with Gasteiger partial charge in [0, 0.05) is 0 Å². The van der Waals surface area contributed by atoms with E-state index in [1.807, 2.05) is 0 Å². The molecular weight excluding hydrogens is 273 g/mol. The van der Waals surface area contributed by atoms with Crippen LogP contribution in [0, 0.1) is 0 Å². The van der Waals surface area contributed by atoms with Crippen LogP contribution in [0.3, 0.4) is 0 Å². The standard InChI is InChI=1S/C10H9F3O4S/c1-17-9(14)6-18(15,16)8-5-3-2-4-7(8)10(11,12)13/h2-5H,6H2,1H3. The quantitative estimate of drug-likeness (QED) is 0.791. The summed E-state index contributed by atoms with van der Waals surface area (Å²) in [5, 5.41) is 0. The van der Waals surface area contributed by atoms with Gasteiger partial charge in [0.15, 0.2) is 15.6 Å². The van der Waals surface area contributed by atoms with E-state index in [0.29, 0.717) is 6.07 Å². The summed E-state index contributed by atoms with van der Waals surface area (Å²) in [6.45, 7) is 0. The molecule has 1 aromatic rings. The Morgan fingerprint density at radius 1 is 1.28 bits per heavy atom. The zero-order chi connectivity index (χ0) is 14.0. The van der Waals surface area contributed by atoms with E-state index in [2.05, 4.69) is 4.74 Å². The van der Waals surface area contributed by atoms with Gasteiger partial charge in [-0.05, 0) is 12.1 Å². The lowest BCUT2D eigenvalue weighted by Crippen LogP contribution is -2.20. The average molecular weight is 282 g/mol. The molecule has 0 atom stereocenters. The van der Waals surface area contributed by atoms with Crippen LogP contribution in [0.15, 0.2) is 29.2 Å². The maximum atomic E-state index is 12.6. The van der Waals surface area contributed by atoms with Crippen molar-refractivity contribution < 1.29 is 31.1 Å². The molecule has 4 nitrogen and oxygen atoms in total. The average Bonchev–Trinajstić information content (AvgIpc) is 2.27. The third kappa shape index (κ3) is 3.22. The largest absolute Gasteiger partial charge is 0.468 e. The van der Waals surface area contributed by atoms with Gasteiger partial charge in [0.1, 0.15) is 0 Å². The fourth-order valence-electron chi connectivity index (χ4n) is 1.26. The summed E-state index contributed by atoms with van der Waals surface area (Å²) in [4.78, 5) is 9.95. The first kappa shape index (κ1) is 14.5. The van der Waals surface area contributed by atoms with E-state index in [1.165, 1.54) is 0 Å². The highest BCUT2D eigenvalue weighted by atomic mass is 32.2. The lowest BCUT2D eigenvalue weighted by Gasteiger charge is -2.12. The number of hydrogen-bond donors (Lipinski definition) is 0. The molecule has 0 radical (unpaired) electrons. The van der Waals surface area contributed by atoms with Gasteiger partial charge in [0.2, 0.25) is 0 Å². The predicted molar refractivity (Wildman–Crippen MR) is 55.5 cm³/mol. The van der Waals surface area contributed by atoms with Crippen LogP contribution in [-0.4, -0.2) is 27.2 Å². The molecule has 0 amide bonds. The zero-order valence-electron chi connectivity index (χ0n) is 9.19. The van der Waals surface area contributed by atoms with E-state index in [0.717, 1.165) is 25.3 Å². The molecule has 1 aromatic carbocycles. The van der Waals surface area contributed by atoms with Gasteiger partial charge >= 0.3 is 12.1 Å². The second kappa shape index (κ2) is 4.97. The van der Waals surface area contributed by atoms with Crippen molar-refractivity contribution in [1.82, 2.24) is 0 Å². The molecule has 18 heavy (non-hydrogen) atoms. The highest BCUT2D eigenvalue weighted by molar-refractivity contribution is 7.92. The molecule has 0 fully saturated rings. The van der Waals surface area contributed by atoms with E-state index in [4.69, 9.17) is 0 Å². The zero-order valence-corrected chi connectivity index (χ0v) is 10.0. The van der Waals surface area contributed by atoms with E-state index in [-0.39, 0.29) is 0 Å². The minimum absolute atomic E-state index is 0.643. The number of hydrogen-bond acceptors (Lipinski definition) is 4. The number of ether oxygens (including phenoxy) is 1. The van der Waals surface area contributed by atoms with Gasteiger partial charge in [0.25, 0.3) is 0 Å². The Bertz CT molecular complexity index is 548. The number of sulfone groups is 1. The molecule has 0 aliphatic heterocycles. The molecule has 0 bridgehead atoms. The van der Waals surface area contributed by atoms with E-state index >= 15 is 0 Å². The lowest BCUT2D eigenvalue weighted by molar-refractivity contribution is -0.140. The number of benzene rings is 1. The summed E-state index contributed by atoms with van der Waals surface area (Å²) in [7, 11) is -3.43. The predicted octanol–water partition coefficient (Wildman–Crippen LogP) is 1.65. The Hall–Kier alpha value is -1.57. The first-order valence-electron chi connectivity index (χ1n) is 4.64. The van der Waals surface area contributed by atoms with Gasteiger partial charge in [0.05, 0.1) is 17.6 Å². The molecule has 0 saturated carbocycles. The molecule has 0 spiro atoms. The first-order chi connectivity index (χ1) is 8.18. The molecule has 0 saturated heterocycles. The van der Waals surface area contributed by atoms with E-state index in [1.54, 1.807) is 0 Å². The third-order valence-electron chi connectivity index (χ3n) is 2.06. The summed E-state index contributed by atoms with van der Waals surface area (Å²) in [6.07, 6.45) is -4.81. The first-order valence-corrected chi connectivity index (χ1v) is 6.29. The van der Waals surface area contributed by atoms with Gasteiger partial charge in [-0.25, -0.2) is 8.42 Å². The fraction of sp³-hybridized carbons (Fsp3) is 0.300. The molecule has 0 heterocycles. The van der Waals surface area contributed by atoms with Crippen LogP contribution in [0.2, 0.25) is 0 Å². The third-order valence-corrected chi connectivity index (χ3v) is 3.70. The molecule has 0 aliphatic carbocycles. The molecular formula is C10H9F3O4S. The Morgan fingerprint density at radius 2 is 1.83 bits per heavy atom. The van der Waals surface area contributed by atoms with Crippen LogP contribution < -0.4 is 0 Å². The topological polar surface area (TPSA) is 60.4 Å². The number of halogens is 3. The second-order valence-electron chi connectivity index (χ2n) is 3.33. The van der Waals surface area contributed by atoms with Crippen molar-refractivity contribution in [2.24, 2.45) is 0 Å². The van der Waals surface area contributed by atoms with Crippen LogP contribution in [0.4, 0.5) is 13.2 Å². The maximum Gasteiger partial charge on any atom is 0.417 e. The van der Waals surface area contributed by atoms with Crippen LogP contribution in [-0.2, 0) is 25.5 Å². The van der Waals surface area contributed by atoms with Gasteiger partial charge in [-0.3, -0.25) is 4.79 Å². The minimum atomic E-state index is -4.81. The SMILES string of the molecule is COC(=O)CS(=O)(=O)c1ccccc1C(F)(F)F. The number of esters is 1. The van der Waals surface area contributed by atoms with Crippen LogP contribution in [0.1, 0.15) is 5.56 Å². The number of alkyl halides is 3. The fourth-order valence-corrected chi connectivity index (χ4v) is 2.65. The Balaban J connectivity index is 3.30. The van der Waals surface area contributed by atoms with Crippen molar-refractivity contribution in [3.8, 4) is 0 Å². The van der Waals surface area contributed by atoms with Crippen molar-refractivity contribution >= 4 is 15.8 Å². The lowest BCUT2D eigenvalue weighted by atomic mass is 10.2. The van der Waals surface area contributed by atoms with Gasteiger partial charge in [-0.2, -0.15) is 13.2 Å². The van der Waals surface area contributed by atoms with E-state index < -0.39 is 38.2 Å². The van der Waals surface area contributed by atoms with Crippen LogP contribution in [0.25, 0.3) is 0 Å². The summed E-state index contributed by atoms with van der Waals surface area (Å²) in [5.74, 6) is -2.25. The normalized spacial score (nSPS) is 12.2. The molecule has 0 N–H and O–H groups in total. The highest BCUT2D eigenvalue weighted by Crippen LogP contribution is 2.34. The summed E-state index contributed by atoms with van der Waals surface area (Å²) >= 11 is 0.